The third-order valence-electron chi connectivity index (χ3n) is 3.62. The summed E-state index contributed by atoms with van der Waals surface area (Å²) in [6.07, 6.45) is 1.84. The molecule has 1 unspecified atom stereocenters. The van der Waals surface area contributed by atoms with Crippen molar-refractivity contribution in [1.29, 1.82) is 0 Å². The molecule has 1 amide bonds. The molecule has 1 atom stereocenters. The standard InChI is InChI=1S/C17H23NO4S/c1-3-10-22-11-4-9-18-15(19)12-23-16(18)13-5-7-14(8-6-13)17(20)21-2/h5-8,16H,3-4,9-12H2,1-2H3. The van der Waals surface area contributed by atoms with Gasteiger partial charge < -0.3 is 14.4 Å². The van der Waals surface area contributed by atoms with Crippen LogP contribution in [0.3, 0.4) is 0 Å². The minimum absolute atomic E-state index is 0.0142. The van der Waals surface area contributed by atoms with Crippen LogP contribution in [0.15, 0.2) is 24.3 Å². The quantitative estimate of drug-likeness (QED) is 0.539. The lowest BCUT2D eigenvalue weighted by Gasteiger charge is -2.24. The number of methoxy groups -OCH3 is 1. The summed E-state index contributed by atoms with van der Waals surface area (Å²) >= 11 is 1.62. The van der Waals surface area contributed by atoms with E-state index >= 15 is 0 Å². The molecule has 6 heteroatoms. The Morgan fingerprint density at radius 2 is 2.04 bits per heavy atom. The second kappa shape index (κ2) is 8.93. The maximum absolute atomic E-state index is 12.1. The first-order chi connectivity index (χ1) is 11.2. The Bertz CT molecular complexity index is 532. The van der Waals surface area contributed by atoms with Gasteiger partial charge in [0.1, 0.15) is 5.37 Å². The van der Waals surface area contributed by atoms with Crippen molar-refractivity contribution in [2.24, 2.45) is 0 Å². The number of carbonyl (C=O) groups excluding carboxylic acids is 2. The molecule has 5 nitrogen and oxygen atoms in total. The molecule has 0 aliphatic carbocycles. The number of carbonyl (C=O) groups is 2. The number of esters is 1. The van der Waals surface area contributed by atoms with Crippen molar-refractivity contribution >= 4 is 23.6 Å². The Morgan fingerprint density at radius 1 is 1.30 bits per heavy atom. The number of thioether (sulfide) groups is 1. The van der Waals surface area contributed by atoms with Crippen molar-refractivity contribution in [2.45, 2.75) is 25.1 Å². The number of benzene rings is 1. The summed E-state index contributed by atoms with van der Waals surface area (Å²) in [5.41, 5.74) is 1.55. The van der Waals surface area contributed by atoms with Crippen LogP contribution in [0.5, 0.6) is 0 Å². The van der Waals surface area contributed by atoms with Gasteiger partial charge in [-0.25, -0.2) is 4.79 Å². The smallest absolute Gasteiger partial charge is 0.337 e. The molecule has 1 aromatic carbocycles. The number of ether oxygens (including phenoxy) is 2. The second-order valence-electron chi connectivity index (χ2n) is 5.33. The van der Waals surface area contributed by atoms with Gasteiger partial charge in [-0.3, -0.25) is 4.79 Å². The number of nitrogens with zero attached hydrogens (tertiary/aromatic N) is 1. The number of rotatable bonds is 8. The van der Waals surface area contributed by atoms with Gasteiger partial charge in [0.2, 0.25) is 5.91 Å². The van der Waals surface area contributed by atoms with Gasteiger partial charge in [-0.05, 0) is 30.5 Å². The first-order valence-electron chi connectivity index (χ1n) is 7.84. The number of hydrogen-bond donors (Lipinski definition) is 0. The van der Waals surface area contributed by atoms with Crippen molar-refractivity contribution in [3.05, 3.63) is 35.4 Å². The number of amides is 1. The lowest BCUT2D eigenvalue weighted by Crippen LogP contribution is -2.30. The molecule has 1 saturated heterocycles. The van der Waals surface area contributed by atoms with E-state index in [1.54, 1.807) is 23.9 Å². The third kappa shape index (κ3) is 4.72. The van der Waals surface area contributed by atoms with E-state index in [1.165, 1.54) is 7.11 Å². The molecular formula is C17H23NO4S. The molecule has 0 saturated carbocycles. The van der Waals surface area contributed by atoms with E-state index in [4.69, 9.17) is 9.47 Å². The van der Waals surface area contributed by atoms with E-state index in [0.29, 0.717) is 24.5 Å². The zero-order valence-electron chi connectivity index (χ0n) is 13.6. The summed E-state index contributed by atoms with van der Waals surface area (Å²) in [5, 5.41) is 0.0142. The molecule has 1 aliphatic rings. The van der Waals surface area contributed by atoms with E-state index in [2.05, 4.69) is 6.92 Å². The van der Waals surface area contributed by atoms with Crippen LogP contribution in [0.2, 0.25) is 0 Å². The largest absolute Gasteiger partial charge is 0.465 e. The predicted molar refractivity (Wildman–Crippen MR) is 90.4 cm³/mol. The Kier molecular flexibility index (Phi) is 6.92. The maximum Gasteiger partial charge on any atom is 0.337 e. The fourth-order valence-electron chi connectivity index (χ4n) is 2.46. The molecule has 0 bridgehead atoms. The molecule has 126 valence electrons. The molecule has 1 fully saturated rings. The minimum atomic E-state index is -0.350. The van der Waals surface area contributed by atoms with E-state index in [1.807, 2.05) is 17.0 Å². The van der Waals surface area contributed by atoms with Crippen LogP contribution in [0.25, 0.3) is 0 Å². The zero-order valence-corrected chi connectivity index (χ0v) is 14.4. The molecular weight excluding hydrogens is 314 g/mol. The summed E-state index contributed by atoms with van der Waals surface area (Å²) in [4.78, 5) is 25.5. The molecule has 0 spiro atoms. The number of hydrogen-bond acceptors (Lipinski definition) is 5. The fourth-order valence-corrected chi connectivity index (χ4v) is 3.68. The van der Waals surface area contributed by atoms with Crippen LogP contribution in [0.1, 0.15) is 41.1 Å². The highest BCUT2D eigenvalue weighted by Gasteiger charge is 2.32. The van der Waals surface area contributed by atoms with Gasteiger partial charge in [-0.15, -0.1) is 11.8 Å². The summed E-state index contributed by atoms with van der Waals surface area (Å²) < 4.78 is 10.2. The third-order valence-corrected chi connectivity index (χ3v) is 4.88. The average molecular weight is 337 g/mol. The molecule has 1 aliphatic heterocycles. The topological polar surface area (TPSA) is 55.8 Å². The molecule has 2 rings (SSSR count). The normalized spacial score (nSPS) is 17.6. The highest BCUT2D eigenvalue weighted by molar-refractivity contribution is 8.00. The van der Waals surface area contributed by atoms with E-state index in [9.17, 15) is 9.59 Å². The molecule has 0 N–H and O–H groups in total. The second-order valence-corrected chi connectivity index (χ2v) is 6.40. The van der Waals surface area contributed by atoms with Crippen molar-refractivity contribution in [3.63, 3.8) is 0 Å². The Labute approximate surface area is 141 Å². The van der Waals surface area contributed by atoms with Gasteiger partial charge >= 0.3 is 5.97 Å². The first-order valence-corrected chi connectivity index (χ1v) is 8.89. The summed E-state index contributed by atoms with van der Waals surface area (Å²) in [6, 6.07) is 7.27. The summed E-state index contributed by atoms with van der Waals surface area (Å²) in [6.45, 7) is 4.21. The van der Waals surface area contributed by atoms with Crippen LogP contribution in [0, 0.1) is 0 Å². The van der Waals surface area contributed by atoms with Gasteiger partial charge in [0.05, 0.1) is 18.4 Å². The summed E-state index contributed by atoms with van der Waals surface area (Å²) in [5.74, 6) is 0.309. The molecule has 0 aromatic heterocycles. The van der Waals surface area contributed by atoms with Gasteiger partial charge in [-0.1, -0.05) is 19.1 Å². The lowest BCUT2D eigenvalue weighted by molar-refractivity contribution is -0.128. The van der Waals surface area contributed by atoms with Crippen molar-refractivity contribution < 1.29 is 19.1 Å². The Morgan fingerprint density at radius 3 is 2.70 bits per heavy atom. The van der Waals surface area contributed by atoms with E-state index in [0.717, 1.165) is 25.0 Å². The highest BCUT2D eigenvalue weighted by atomic mass is 32.2. The van der Waals surface area contributed by atoms with Gasteiger partial charge in [0, 0.05) is 19.8 Å². The maximum atomic E-state index is 12.1. The highest BCUT2D eigenvalue weighted by Crippen LogP contribution is 2.38. The van der Waals surface area contributed by atoms with Crippen molar-refractivity contribution in [3.8, 4) is 0 Å². The molecule has 1 aromatic rings. The van der Waals surface area contributed by atoms with Crippen LogP contribution in [-0.2, 0) is 14.3 Å². The minimum Gasteiger partial charge on any atom is -0.465 e. The van der Waals surface area contributed by atoms with Crippen LogP contribution >= 0.6 is 11.8 Å². The average Bonchev–Trinajstić information content (AvgIpc) is 2.95. The molecule has 1 heterocycles. The lowest BCUT2D eigenvalue weighted by atomic mass is 10.1. The van der Waals surface area contributed by atoms with Crippen molar-refractivity contribution in [2.75, 3.05) is 32.6 Å². The van der Waals surface area contributed by atoms with Crippen molar-refractivity contribution in [1.82, 2.24) is 4.90 Å². The van der Waals surface area contributed by atoms with E-state index < -0.39 is 0 Å². The SMILES string of the molecule is CCCOCCCN1C(=O)CSC1c1ccc(C(=O)OC)cc1. The predicted octanol–water partition coefficient (Wildman–Crippen LogP) is 2.86. The van der Waals surface area contributed by atoms with Gasteiger partial charge in [-0.2, -0.15) is 0 Å². The zero-order chi connectivity index (χ0) is 16.7. The van der Waals surface area contributed by atoms with Crippen LogP contribution < -0.4 is 0 Å². The van der Waals surface area contributed by atoms with Crippen LogP contribution in [-0.4, -0.2) is 49.4 Å². The monoisotopic (exact) mass is 337 g/mol. The van der Waals surface area contributed by atoms with E-state index in [-0.39, 0.29) is 17.3 Å². The molecule has 23 heavy (non-hydrogen) atoms. The van der Waals surface area contributed by atoms with Crippen LogP contribution in [0.4, 0.5) is 0 Å². The fraction of sp³-hybridized carbons (Fsp3) is 0.529. The summed E-state index contributed by atoms with van der Waals surface area (Å²) in [7, 11) is 1.37. The first kappa shape index (κ1) is 17.8. The Balaban J connectivity index is 1.96. The Hall–Kier alpha value is -1.53. The van der Waals surface area contributed by atoms with Gasteiger partial charge in [0.25, 0.3) is 0 Å². The van der Waals surface area contributed by atoms with Gasteiger partial charge in [0.15, 0.2) is 0 Å². The molecule has 0 radical (unpaired) electrons.